The molecule has 0 bridgehead atoms. The SMILES string of the molecule is CCN(CCNCc1ccc(Cl)s1)c1cccc(F)c1. The van der Waals surface area contributed by atoms with E-state index in [1.807, 2.05) is 18.2 Å². The minimum atomic E-state index is -0.192. The van der Waals surface area contributed by atoms with Crippen LogP contribution in [0.4, 0.5) is 10.1 Å². The average molecular weight is 313 g/mol. The summed E-state index contributed by atoms with van der Waals surface area (Å²) < 4.78 is 14.0. The highest BCUT2D eigenvalue weighted by atomic mass is 35.5. The summed E-state index contributed by atoms with van der Waals surface area (Å²) in [7, 11) is 0. The molecule has 1 heterocycles. The van der Waals surface area contributed by atoms with Crippen molar-refractivity contribution in [3.63, 3.8) is 0 Å². The monoisotopic (exact) mass is 312 g/mol. The van der Waals surface area contributed by atoms with Gasteiger partial charge in [-0.25, -0.2) is 4.39 Å². The summed E-state index contributed by atoms with van der Waals surface area (Å²) in [6, 6.07) is 10.7. The minimum absolute atomic E-state index is 0.192. The quantitative estimate of drug-likeness (QED) is 0.772. The molecule has 0 spiro atoms. The Labute approximate surface area is 128 Å². The van der Waals surface area contributed by atoms with Gasteiger partial charge in [0, 0.05) is 36.7 Å². The van der Waals surface area contributed by atoms with Crippen LogP contribution < -0.4 is 10.2 Å². The fourth-order valence-electron chi connectivity index (χ4n) is 2.01. The van der Waals surface area contributed by atoms with Gasteiger partial charge in [0.2, 0.25) is 0 Å². The van der Waals surface area contributed by atoms with E-state index in [1.165, 1.54) is 10.9 Å². The Bertz CT molecular complexity index is 544. The van der Waals surface area contributed by atoms with E-state index < -0.39 is 0 Å². The molecule has 0 aliphatic rings. The Hall–Kier alpha value is -1.10. The Balaban J connectivity index is 1.79. The molecular formula is C15H18ClFN2S. The predicted octanol–water partition coefficient (Wildman–Crippen LogP) is 4.16. The molecule has 0 fully saturated rings. The number of nitrogens with one attached hydrogen (secondary N) is 1. The molecule has 0 saturated heterocycles. The lowest BCUT2D eigenvalue weighted by Gasteiger charge is -2.23. The zero-order valence-corrected chi connectivity index (χ0v) is 13.0. The molecular weight excluding hydrogens is 295 g/mol. The van der Waals surface area contributed by atoms with Crippen LogP contribution in [0.25, 0.3) is 0 Å². The van der Waals surface area contributed by atoms with Crippen molar-refractivity contribution in [3.8, 4) is 0 Å². The number of anilines is 1. The Morgan fingerprint density at radius 3 is 2.80 bits per heavy atom. The van der Waals surface area contributed by atoms with Crippen LogP contribution in [0.5, 0.6) is 0 Å². The highest BCUT2D eigenvalue weighted by molar-refractivity contribution is 7.16. The molecule has 5 heteroatoms. The number of halogens is 2. The fraction of sp³-hybridized carbons (Fsp3) is 0.333. The van der Waals surface area contributed by atoms with Crippen molar-refractivity contribution >= 4 is 28.6 Å². The van der Waals surface area contributed by atoms with Gasteiger partial charge in [-0.05, 0) is 37.3 Å². The predicted molar refractivity (Wildman–Crippen MR) is 85.3 cm³/mol. The van der Waals surface area contributed by atoms with Crippen LogP contribution in [0, 0.1) is 5.82 Å². The smallest absolute Gasteiger partial charge is 0.125 e. The van der Waals surface area contributed by atoms with Crippen molar-refractivity contribution in [3.05, 3.63) is 51.4 Å². The first-order valence-corrected chi connectivity index (χ1v) is 7.84. The van der Waals surface area contributed by atoms with Gasteiger partial charge in [0.15, 0.2) is 0 Å². The molecule has 0 atom stereocenters. The van der Waals surface area contributed by atoms with Gasteiger partial charge in [-0.15, -0.1) is 11.3 Å². The van der Waals surface area contributed by atoms with Gasteiger partial charge >= 0.3 is 0 Å². The lowest BCUT2D eigenvalue weighted by atomic mass is 10.2. The van der Waals surface area contributed by atoms with Crippen LogP contribution in [0.15, 0.2) is 36.4 Å². The number of likely N-dealkylation sites (N-methyl/N-ethyl adjacent to an activating group) is 1. The molecule has 2 aromatic rings. The van der Waals surface area contributed by atoms with Gasteiger partial charge in [-0.2, -0.15) is 0 Å². The molecule has 0 aliphatic heterocycles. The third-order valence-corrected chi connectivity index (χ3v) is 4.27. The van der Waals surface area contributed by atoms with E-state index in [0.717, 1.165) is 36.2 Å². The third-order valence-electron chi connectivity index (χ3n) is 3.04. The summed E-state index contributed by atoms with van der Waals surface area (Å²) in [6.07, 6.45) is 0. The summed E-state index contributed by atoms with van der Waals surface area (Å²) >= 11 is 7.48. The number of rotatable bonds is 7. The molecule has 0 aliphatic carbocycles. The standard InChI is InChI=1S/C15H18ClFN2S/c1-2-19(13-5-3-4-12(17)10-13)9-8-18-11-14-6-7-15(16)20-14/h3-7,10,18H,2,8-9,11H2,1H3. The van der Waals surface area contributed by atoms with Crippen LogP contribution in [-0.4, -0.2) is 19.6 Å². The Kier molecular flexibility index (Phi) is 5.83. The maximum absolute atomic E-state index is 13.2. The van der Waals surface area contributed by atoms with Gasteiger partial charge in [0.05, 0.1) is 4.34 Å². The van der Waals surface area contributed by atoms with Crippen molar-refractivity contribution in [1.29, 1.82) is 0 Å². The van der Waals surface area contributed by atoms with Gasteiger partial charge in [-0.3, -0.25) is 0 Å². The van der Waals surface area contributed by atoms with E-state index >= 15 is 0 Å². The second-order valence-electron chi connectivity index (χ2n) is 4.44. The first kappa shape index (κ1) is 15.3. The first-order chi connectivity index (χ1) is 9.69. The maximum Gasteiger partial charge on any atom is 0.125 e. The summed E-state index contributed by atoms with van der Waals surface area (Å²) in [6.45, 7) is 5.44. The van der Waals surface area contributed by atoms with Crippen LogP contribution in [0.1, 0.15) is 11.8 Å². The van der Waals surface area contributed by atoms with Crippen molar-refractivity contribution in [2.45, 2.75) is 13.5 Å². The van der Waals surface area contributed by atoms with Crippen LogP contribution in [0.3, 0.4) is 0 Å². The number of hydrogen-bond acceptors (Lipinski definition) is 3. The minimum Gasteiger partial charge on any atom is -0.370 e. The molecule has 2 rings (SSSR count). The summed E-state index contributed by atoms with van der Waals surface area (Å²) in [5, 5.41) is 3.38. The molecule has 0 radical (unpaired) electrons. The van der Waals surface area contributed by atoms with Crippen LogP contribution in [-0.2, 0) is 6.54 Å². The Morgan fingerprint density at radius 2 is 2.15 bits per heavy atom. The first-order valence-electron chi connectivity index (χ1n) is 6.64. The summed E-state index contributed by atoms with van der Waals surface area (Å²) in [5.74, 6) is -0.192. The molecule has 108 valence electrons. The van der Waals surface area contributed by atoms with E-state index in [2.05, 4.69) is 17.1 Å². The van der Waals surface area contributed by atoms with E-state index in [0.29, 0.717) is 0 Å². The summed E-state index contributed by atoms with van der Waals surface area (Å²) in [5.41, 5.74) is 0.925. The second kappa shape index (κ2) is 7.62. The van der Waals surface area contributed by atoms with Crippen molar-refractivity contribution in [2.75, 3.05) is 24.5 Å². The number of benzene rings is 1. The number of thiophene rings is 1. The highest BCUT2D eigenvalue weighted by Gasteiger charge is 2.05. The molecule has 1 aromatic heterocycles. The lowest BCUT2D eigenvalue weighted by Crippen LogP contribution is -2.31. The largest absolute Gasteiger partial charge is 0.370 e. The third kappa shape index (κ3) is 4.47. The number of nitrogens with zero attached hydrogens (tertiary/aromatic N) is 1. The van der Waals surface area contributed by atoms with Gasteiger partial charge in [-0.1, -0.05) is 17.7 Å². The molecule has 0 amide bonds. The highest BCUT2D eigenvalue weighted by Crippen LogP contribution is 2.21. The topological polar surface area (TPSA) is 15.3 Å². The Morgan fingerprint density at radius 1 is 1.30 bits per heavy atom. The van der Waals surface area contributed by atoms with Gasteiger partial charge < -0.3 is 10.2 Å². The second-order valence-corrected chi connectivity index (χ2v) is 6.24. The van der Waals surface area contributed by atoms with Crippen molar-refractivity contribution in [1.82, 2.24) is 5.32 Å². The molecule has 20 heavy (non-hydrogen) atoms. The normalized spacial score (nSPS) is 10.8. The number of hydrogen-bond donors (Lipinski definition) is 1. The van der Waals surface area contributed by atoms with Gasteiger partial charge in [0.1, 0.15) is 5.82 Å². The van der Waals surface area contributed by atoms with Crippen LogP contribution >= 0.6 is 22.9 Å². The molecule has 2 nitrogen and oxygen atoms in total. The zero-order chi connectivity index (χ0) is 14.4. The molecule has 1 N–H and O–H groups in total. The van der Waals surface area contributed by atoms with E-state index in [-0.39, 0.29) is 5.82 Å². The van der Waals surface area contributed by atoms with Crippen molar-refractivity contribution < 1.29 is 4.39 Å². The van der Waals surface area contributed by atoms with Gasteiger partial charge in [0.25, 0.3) is 0 Å². The van der Waals surface area contributed by atoms with Crippen LogP contribution in [0.2, 0.25) is 4.34 Å². The van der Waals surface area contributed by atoms with E-state index in [9.17, 15) is 4.39 Å². The maximum atomic E-state index is 13.2. The summed E-state index contributed by atoms with van der Waals surface area (Å²) in [4.78, 5) is 3.38. The molecule has 1 aromatic carbocycles. The molecule has 0 saturated carbocycles. The lowest BCUT2D eigenvalue weighted by molar-refractivity contribution is 0.624. The average Bonchev–Trinajstić information content (AvgIpc) is 2.84. The fourth-order valence-corrected chi connectivity index (χ4v) is 3.07. The molecule has 0 unspecified atom stereocenters. The zero-order valence-electron chi connectivity index (χ0n) is 11.4. The van der Waals surface area contributed by atoms with Crippen molar-refractivity contribution in [2.24, 2.45) is 0 Å². The van der Waals surface area contributed by atoms with E-state index in [4.69, 9.17) is 11.6 Å². The van der Waals surface area contributed by atoms with E-state index in [1.54, 1.807) is 23.5 Å².